The first-order valence-corrected chi connectivity index (χ1v) is 6.52. The van der Waals surface area contributed by atoms with Crippen molar-refractivity contribution in [2.24, 2.45) is 5.92 Å². The van der Waals surface area contributed by atoms with Crippen molar-refractivity contribution in [2.45, 2.75) is 24.3 Å². The van der Waals surface area contributed by atoms with E-state index in [-0.39, 0.29) is 11.7 Å². The van der Waals surface area contributed by atoms with Gasteiger partial charge in [0.1, 0.15) is 0 Å². The molecule has 1 atom stereocenters. The van der Waals surface area contributed by atoms with Crippen molar-refractivity contribution in [3.63, 3.8) is 0 Å². The molecule has 2 aromatic rings. The molecule has 1 aliphatic carbocycles. The first-order valence-electron chi connectivity index (χ1n) is 6.14. The Morgan fingerprint density at radius 2 is 2.15 bits per heavy atom. The van der Waals surface area contributed by atoms with Crippen LogP contribution >= 0.6 is 11.6 Å². The van der Waals surface area contributed by atoms with Gasteiger partial charge in [-0.3, -0.25) is 0 Å². The van der Waals surface area contributed by atoms with Crippen molar-refractivity contribution in [1.29, 1.82) is 0 Å². The first-order chi connectivity index (χ1) is 9.45. The molecule has 7 heteroatoms. The Morgan fingerprint density at radius 1 is 1.40 bits per heavy atom. The number of alkyl halides is 3. The van der Waals surface area contributed by atoms with Gasteiger partial charge in [-0.05, 0) is 42.0 Å². The highest BCUT2D eigenvalue weighted by Crippen LogP contribution is 2.41. The molecule has 0 saturated heterocycles. The largest absolute Gasteiger partial charge is 0.400 e. The molecular weight excluding hydrogens is 290 g/mol. The maximum absolute atomic E-state index is 12.8. The van der Waals surface area contributed by atoms with E-state index >= 15 is 0 Å². The monoisotopic (exact) mass is 300 g/mol. The summed E-state index contributed by atoms with van der Waals surface area (Å²) in [6.45, 7) is 0. The van der Waals surface area contributed by atoms with Gasteiger partial charge in [-0.15, -0.1) is 0 Å². The van der Waals surface area contributed by atoms with E-state index in [1.807, 2.05) is 0 Å². The van der Waals surface area contributed by atoms with Crippen molar-refractivity contribution in [2.75, 3.05) is 0 Å². The van der Waals surface area contributed by atoms with Gasteiger partial charge in [0.25, 0.3) is 0 Å². The molecule has 1 fully saturated rings. The predicted molar refractivity (Wildman–Crippen MR) is 67.2 cm³/mol. The van der Waals surface area contributed by atoms with E-state index in [1.54, 1.807) is 24.3 Å². The molecule has 20 heavy (non-hydrogen) atoms. The van der Waals surface area contributed by atoms with Gasteiger partial charge in [0.15, 0.2) is 0 Å². The van der Waals surface area contributed by atoms with Gasteiger partial charge in [0.2, 0.25) is 5.82 Å². The average molecular weight is 301 g/mol. The Kier molecular flexibility index (Phi) is 3.22. The standard InChI is InChI=1S/C13H11ClF2N2O2/c14-13(15,16)12-17-11(18-20-12)9-3-1-2-8(6-9)10(19)7-4-5-7/h1-3,6-7,10,19H,4-5H2. The maximum Gasteiger partial charge on any atom is 0.400 e. The van der Waals surface area contributed by atoms with Crippen molar-refractivity contribution < 1.29 is 18.4 Å². The summed E-state index contributed by atoms with van der Waals surface area (Å²) in [5.74, 6) is -0.647. The zero-order valence-corrected chi connectivity index (χ0v) is 11.0. The molecule has 0 bridgehead atoms. The van der Waals surface area contributed by atoms with Crippen LogP contribution in [0, 0.1) is 5.92 Å². The summed E-state index contributed by atoms with van der Waals surface area (Å²) >= 11 is 4.82. The van der Waals surface area contributed by atoms with Crippen molar-refractivity contribution >= 4 is 11.6 Å². The van der Waals surface area contributed by atoms with E-state index in [1.165, 1.54) is 0 Å². The minimum absolute atomic E-state index is 0.0187. The van der Waals surface area contributed by atoms with Gasteiger partial charge < -0.3 is 9.63 Å². The molecular formula is C13H11ClF2N2O2. The van der Waals surface area contributed by atoms with Crippen LogP contribution in [-0.2, 0) is 5.38 Å². The Bertz CT molecular complexity index is 623. The van der Waals surface area contributed by atoms with E-state index < -0.39 is 17.4 Å². The van der Waals surface area contributed by atoms with E-state index in [2.05, 4.69) is 14.7 Å². The average Bonchev–Trinajstić information content (AvgIpc) is 3.13. The Morgan fingerprint density at radius 3 is 2.75 bits per heavy atom. The number of aliphatic hydroxyl groups is 1. The highest BCUT2D eigenvalue weighted by molar-refractivity contribution is 6.21. The fourth-order valence-electron chi connectivity index (χ4n) is 2.00. The van der Waals surface area contributed by atoms with E-state index in [9.17, 15) is 13.9 Å². The number of rotatable bonds is 4. The molecule has 1 N–H and O–H groups in total. The van der Waals surface area contributed by atoms with Gasteiger partial charge in [-0.1, -0.05) is 23.4 Å². The number of aliphatic hydroxyl groups excluding tert-OH is 1. The Hall–Kier alpha value is -1.53. The third-order valence-corrected chi connectivity index (χ3v) is 3.39. The van der Waals surface area contributed by atoms with E-state index in [4.69, 9.17) is 11.6 Å². The number of hydrogen-bond donors (Lipinski definition) is 1. The van der Waals surface area contributed by atoms with Crippen LogP contribution < -0.4 is 0 Å². The Labute approximate surface area is 118 Å². The topological polar surface area (TPSA) is 59.2 Å². The van der Waals surface area contributed by atoms with Crippen molar-refractivity contribution in [3.05, 3.63) is 35.7 Å². The summed E-state index contributed by atoms with van der Waals surface area (Å²) in [4.78, 5) is 3.57. The highest BCUT2D eigenvalue weighted by atomic mass is 35.5. The second-order valence-corrected chi connectivity index (χ2v) is 5.30. The molecule has 1 aromatic heterocycles. The molecule has 3 rings (SSSR count). The lowest BCUT2D eigenvalue weighted by molar-refractivity contribution is 0.0551. The summed E-state index contributed by atoms with van der Waals surface area (Å²) in [6, 6.07) is 6.82. The molecule has 1 unspecified atom stereocenters. The van der Waals surface area contributed by atoms with Crippen LogP contribution in [0.5, 0.6) is 0 Å². The fraction of sp³-hybridized carbons (Fsp3) is 0.385. The summed E-state index contributed by atoms with van der Waals surface area (Å²) < 4.78 is 30.1. The SMILES string of the molecule is OC(c1cccc(-c2noc(C(F)(F)Cl)n2)c1)C1CC1. The number of hydrogen-bond acceptors (Lipinski definition) is 4. The quantitative estimate of drug-likeness (QED) is 0.878. The molecule has 0 radical (unpaired) electrons. The lowest BCUT2D eigenvalue weighted by atomic mass is 10.0. The second kappa shape index (κ2) is 4.79. The van der Waals surface area contributed by atoms with Crippen LogP contribution in [-0.4, -0.2) is 15.2 Å². The van der Waals surface area contributed by atoms with Crippen LogP contribution in [0.3, 0.4) is 0 Å². The van der Waals surface area contributed by atoms with E-state index in [0.717, 1.165) is 12.8 Å². The summed E-state index contributed by atoms with van der Waals surface area (Å²) in [7, 11) is 0. The third kappa shape index (κ3) is 2.66. The first kappa shape index (κ1) is 13.5. The minimum atomic E-state index is -3.68. The predicted octanol–water partition coefficient (Wildman–Crippen LogP) is 3.47. The number of aromatic nitrogens is 2. The zero-order chi connectivity index (χ0) is 14.3. The fourth-order valence-corrected chi connectivity index (χ4v) is 2.08. The zero-order valence-electron chi connectivity index (χ0n) is 10.3. The second-order valence-electron chi connectivity index (χ2n) is 4.83. The molecule has 1 saturated carbocycles. The van der Waals surface area contributed by atoms with E-state index in [0.29, 0.717) is 11.1 Å². The van der Waals surface area contributed by atoms with Gasteiger partial charge in [-0.2, -0.15) is 13.8 Å². The van der Waals surface area contributed by atoms with Crippen LogP contribution in [0.4, 0.5) is 8.78 Å². The van der Waals surface area contributed by atoms with Crippen molar-refractivity contribution in [3.8, 4) is 11.4 Å². The third-order valence-electron chi connectivity index (χ3n) is 3.22. The lowest BCUT2D eigenvalue weighted by Gasteiger charge is -2.09. The molecule has 106 valence electrons. The van der Waals surface area contributed by atoms with Gasteiger partial charge in [-0.25, -0.2) is 0 Å². The van der Waals surface area contributed by atoms with Crippen LogP contribution in [0.1, 0.15) is 30.4 Å². The smallest absolute Gasteiger partial charge is 0.388 e. The molecule has 0 aliphatic heterocycles. The normalized spacial score (nSPS) is 17.2. The minimum Gasteiger partial charge on any atom is -0.388 e. The summed E-state index contributed by atoms with van der Waals surface area (Å²) in [5, 5.41) is 9.86. The van der Waals surface area contributed by atoms with Gasteiger partial charge >= 0.3 is 11.3 Å². The molecule has 1 heterocycles. The van der Waals surface area contributed by atoms with Gasteiger partial charge in [0, 0.05) is 5.56 Å². The van der Waals surface area contributed by atoms with Crippen LogP contribution in [0.25, 0.3) is 11.4 Å². The Balaban J connectivity index is 1.90. The van der Waals surface area contributed by atoms with Crippen molar-refractivity contribution in [1.82, 2.24) is 10.1 Å². The highest BCUT2D eigenvalue weighted by Gasteiger charge is 2.36. The number of nitrogens with zero attached hydrogens (tertiary/aromatic N) is 2. The van der Waals surface area contributed by atoms with Crippen LogP contribution in [0.15, 0.2) is 28.8 Å². The van der Waals surface area contributed by atoms with Gasteiger partial charge in [0.05, 0.1) is 6.10 Å². The summed E-state index contributed by atoms with van der Waals surface area (Å²) in [5.41, 5.74) is 1.21. The molecule has 0 spiro atoms. The lowest BCUT2D eigenvalue weighted by Crippen LogP contribution is -2.03. The number of halogens is 3. The van der Waals surface area contributed by atoms with Crippen LogP contribution in [0.2, 0.25) is 0 Å². The molecule has 1 aromatic carbocycles. The molecule has 4 nitrogen and oxygen atoms in total. The number of benzene rings is 1. The summed E-state index contributed by atoms with van der Waals surface area (Å²) in [6.07, 6.45) is 1.45. The molecule has 1 aliphatic rings. The molecule has 0 amide bonds. The maximum atomic E-state index is 12.8.